The Kier molecular flexibility index (Phi) is 3.93. The van der Waals surface area contributed by atoms with Gasteiger partial charge in [-0.3, -0.25) is 0 Å². The third-order valence-corrected chi connectivity index (χ3v) is 3.40. The van der Waals surface area contributed by atoms with Gasteiger partial charge in [-0.2, -0.15) is 0 Å². The van der Waals surface area contributed by atoms with Crippen molar-refractivity contribution >= 4 is 0 Å². The summed E-state index contributed by atoms with van der Waals surface area (Å²) in [5.41, 5.74) is 2.05. The number of aliphatic hydroxyl groups excluding tert-OH is 1. The molecule has 0 aromatic carbocycles. The molecule has 0 aliphatic carbocycles. The fraction of sp³-hybridized carbons (Fsp3) is 0.500. The maximum absolute atomic E-state index is 10.2. The van der Waals surface area contributed by atoms with Crippen LogP contribution < -0.4 is 0 Å². The first-order valence-electron chi connectivity index (χ1n) is 6.50. The van der Waals surface area contributed by atoms with Gasteiger partial charge in [0.15, 0.2) is 0 Å². The predicted molar refractivity (Wildman–Crippen MR) is 72.3 cm³/mol. The molecule has 0 saturated carbocycles. The van der Waals surface area contributed by atoms with Crippen molar-refractivity contribution in [3.63, 3.8) is 0 Å². The van der Waals surface area contributed by atoms with Crippen LogP contribution in [0.5, 0.6) is 0 Å². The number of hydrogen-bond donors (Lipinski definition) is 1. The Morgan fingerprint density at radius 1 is 1.50 bits per heavy atom. The van der Waals surface area contributed by atoms with Gasteiger partial charge in [0.25, 0.3) is 0 Å². The van der Waals surface area contributed by atoms with Gasteiger partial charge in [0.1, 0.15) is 17.6 Å². The molecule has 18 heavy (non-hydrogen) atoms. The van der Waals surface area contributed by atoms with Crippen LogP contribution in [-0.4, -0.2) is 11.2 Å². The number of rotatable bonds is 1. The van der Waals surface area contributed by atoms with E-state index in [0.717, 1.165) is 48.3 Å². The quantitative estimate of drug-likeness (QED) is 0.607. The van der Waals surface area contributed by atoms with Crippen molar-refractivity contribution in [2.24, 2.45) is 0 Å². The van der Waals surface area contributed by atoms with Gasteiger partial charge in [-0.15, -0.1) is 5.92 Å². The van der Waals surface area contributed by atoms with Crippen LogP contribution in [0.2, 0.25) is 0 Å². The Morgan fingerprint density at radius 3 is 3.00 bits per heavy atom. The Morgan fingerprint density at radius 2 is 2.28 bits per heavy atom. The molecule has 0 fully saturated rings. The fourth-order valence-corrected chi connectivity index (χ4v) is 2.37. The molecule has 2 rings (SSSR count). The predicted octanol–water partition coefficient (Wildman–Crippen LogP) is 3.34. The van der Waals surface area contributed by atoms with Crippen LogP contribution in [-0.2, 0) is 6.42 Å². The van der Waals surface area contributed by atoms with Gasteiger partial charge in [0, 0.05) is 12.8 Å². The average Bonchev–Trinajstić information content (AvgIpc) is 2.61. The molecule has 0 saturated heterocycles. The molecular weight excluding hydrogens is 224 g/mol. The fourth-order valence-electron chi connectivity index (χ4n) is 2.37. The molecule has 1 aliphatic heterocycles. The molecule has 0 radical (unpaired) electrons. The summed E-state index contributed by atoms with van der Waals surface area (Å²) < 4.78 is 5.90. The molecule has 0 spiro atoms. The first-order valence-corrected chi connectivity index (χ1v) is 6.50. The van der Waals surface area contributed by atoms with E-state index in [1.54, 1.807) is 0 Å². The van der Waals surface area contributed by atoms with E-state index in [1.165, 1.54) is 0 Å². The molecule has 1 N–H and O–H groups in total. The van der Waals surface area contributed by atoms with E-state index in [9.17, 15) is 5.11 Å². The third-order valence-electron chi connectivity index (χ3n) is 3.40. The van der Waals surface area contributed by atoms with Crippen molar-refractivity contribution < 1.29 is 9.52 Å². The number of aliphatic hydroxyl groups is 1. The van der Waals surface area contributed by atoms with Crippen LogP contribution in [0.1, 0.15) is 49.2 Å². The van der Waals surface area contributed by atoms with Gasteiger partial charge in [-0.25, -0.2) is 0 Å². The van der Waals surface area contributed by atoms with Gasteiger partial charge < -0.3 is 9.52 Å². The van der Waals surface area contributed by atoms with Gasteiger partial charge in [0.2, 0.25) is 0 Å². The number of fused-ring (bicyclic) bond motifs is 2. The largest absolute Gasteiger partial charge is 0.465 e. The topological polar surface area (TPSA) is 33.4 Å². The van der Waals surface area contributed by atoms with E-state index in [2.05, 4.69) is 25.3 Å². The average molecular weight is 244 g/mol. The Balaban J connectivity index is 2.43. The summed E-state index contributed by atoms with van der Waals surface area (Å²) in [6.45, 7) is 7.92. The van der Waals surface area contributed by atoms with Gasteiger partial charge in [0.05, 0.1) is 5.92 Å². The van der Waals surface area contributed by atoms with Crippen molar-refractivity contribution in [1.29, 1.82) is 0 Å². The molecule has 1 aromatic rings. The minimum Gasteiger partial charge on any atom is -0.465 e. The highest BCUT2D eigenvalue weighted by molar-refractivity contribution is 5.31. The van der Waals surface area contributed by atoms with E-state index >= 15 is 0 Å². The minimum atomic E-state index is -0.723. The van der Waals surface area contributed by atoms with Crippen LogP contribution in [0.25, 0.3) is 0 Å². The summed E-state index contributed by atoms with van der Waals surface area (Å²) in [5.74, 6) is 7.57. The highest BCUT2D eigenvalue weighted by Crippen LogP contribution is 2.31. The molecule has 0 unspecified atom stereocenters. The van der Waals surface area contributed by atoms with E-state index in [4.69, 9.17) is 4.42 Å². The number of furan rings is 1. The number of hydrogen-bond acceptors (Lipinski definition) is 2. The van der Waals surface area contributed by atoms with Crippen molar-refractivity contribution in [2.75, 3.05) is 0 Å². The first-order chi connectivity index (χ1) is 8.59. The van der Waals surface area contributed by atoms with Gasteiger partial charge in [-0.05, 0) is 38.3 Å². The second-order valence-electron chi connectivity index (χ2n) is 5.05. The van der Waals surface area contributed by atoms with Crippen molar-refractivity contribution in [3.8, 4) is 11.8 Å². The monoisotopic (exact) mass is 244 g/mol. The number of aryl methyl sites for hydroxylation is 2. The molecule has 96 valence electrons. The standard InChI is InChI=1S/C16H20O2/c1-11(2)16-13(17)8-6-4-5-7-9-14-12(3)10-15(16)18-14/h10,13,16-17H,1,4-5,7,9H2,2-3H3/t13-,16+/m0/s1. The van der Waals surface area contributed by atoms with Crippen LogP contribution in [0.4, 0.5) is 0 Å². The molecular formula is C16H20O2. The molecule has 2 heteroatoms. The Bertz CT molecular complexity index is 499. The van der Waals surface area contributed by atoms with Crippen molar-refractivity contribution in [3.05, 3.63) is 35.3 Å². The Hall–Kier alpha value is -1.46. The van der Waals surface area contributed by atoms with Gasteiger partial charge in [-0.1, -0.05) is 18.1 Å². The zero-order valence-corrected chi connectivity index (χ0v) is 11.1. The molecule has 2 bridgehead atoms. The van der Waals surface area contributed by atoms with E-state index in [0.29, 0.717) is 0 Å². The molecule has 0 amide bonds. The summed E-state index contributed by atoms with van der Waals surface area (Å²) >= 11 is 0. The molecule has 1 aliphatic rings. The lowest BCUT2D eigenvalue weighted by atomic mass is 9.92. The van der Waals surface area contributed by atoms with Crippen molar-refractivity contribution in [2.45, 2.75) is 51.6 Å². The van der Waals surface area contributed by atoms with E-state index < -0.39 is 6.10 Å². The molecule has 2 nitrogen and oxygen atoms in total. The van der Waals surface area contributed by atoms with Gasteiger partial charge >= 0.3 is 0 Å². The van der Waals surface area contributed by atoms with Crippen molar-refractivity contribution in [1.82, 2.24) is 0 Å². The highest BCUT2D eigenvalue weighted by Gasteiger charge is 2.25. The van der Waals surface area contributed by atoms with Crippen LogP contribution in [0.15, 0.2) is 22.6 Å². The van der Waals surface area contributed by atoms with Crippen LogP contribution >= 0.6 is 0 Å². The maximum Gasteiger partial charge on any atom is 0.128 e. The highest BCUT2D eigenvalue weighted by atomic mass is 16.3. The third kappa shape index (κ3) is 2.68. The first kappa shape index (κ1) is 13.0. The second kappa shape index (κ2) is 5.46. The Labute approximate surface area is 109 Å². The zero-order chi connectivity index (χ0) is 13.1. The lowest BCUT2D eigenvalue weighted by Crippen LogP contribution is -2.17. The van der Waals surface area contributed by atoms with Crippen LogP contribution in [0.3, 0.4) is 0 Å². The molecule has 1 aromatic heterocycles. The smallest absolute Gasteiger partial charge is 0.128 e. The summed E-state index contributed by atoms with van der Waals surface area (Å²) in [4.78, 5) is 0. The normalized spacial score (nSPS) is 23.7. The molecule has 2 heterocycles. The molecule has 2 atom stereocenters. The zero-order valence-electron chi connectivity index (χ0n) is 11.1. The van der Waals surface area contributed by atoms with E-state index in [1.807, 2.05) is 13.0 Å². The maximum atomic E-state index is 10.2. The second-order valence-corrected chi connectivity index (χ2v) is 5.05. The van der Waals surface area contributed by atoms with E-state index in [-0.39, 0.29) is 5.92 Å². The lowest BCUT2D eigenvalue weighted by Gasteiger charge is -2.16. The SMILES string of the molecule is C=C(C)[C@H]1c2cc(C)c(o2)CCCCC#C[C@@H]1O. The van der Waals surface area contributed by atoms with Crippen LogP contribution in [0, 0.1) is 18.8 Å². The lowest BCUT2D eigenvalue weighted by molar-refractivity contribution is 0.200. The summed E-state index contributed by atoms with van der Waals surface area (Å²) in [7, 11) is 0. The minimum absolute atomic E-state index is 0.219. The summed E-state index contributed by atoms with van der Waals surface area (Å²) in [5, 5.41) is 10.2. The summed E-state index contributed by atoms with van der Waals surface area (Å²) in [6.07, 6.45) is 3.19. The summed E-state index contributed by atoms with van der Waals surface area (Å²) in [6, 6.07) is 2.02.